The molecule has 1 heterocycles. The Hall–Kier alpha value is -2.04. The molecule has 1 saturated heterocycles. The fourth-order valence-corrected chi connectivity index (χ4v) is 2.87. The molecular weight excluding hydrogens is 274 g/mol. The first-order chi connectivity index (χ1) is 10.8. The van der Waals surface area contributed by atoms with E-state index in [0.717, 1.165) is 30.9 Å². The molecule has 22 heavy (non-hydrogen) atoms. The second-order valence-corrected chi connectivity index (χ2v) is 5.69. The minimum absolute atomic E-state index is 0.236. The quantitative estimate of drug-likeness (QED) is 0.741. The monoisotopic (exact) mass is 297 g/mol. The van der Waals surface area contributed by atoms with E-state index < -0.39 is 0 Å². The lowest BCUT2D eigenvalue weighted by atomic mass is 9.97. The first kappa shape index (κ1) is 14.9. The summed E-state index contributed by atoms with van der Waals surface area (Å²) in [6, 6.07) is 16.8. The van der Waals surface area contributed by atoms with Gasteiger partial charge in [0.2, 0.25) is 0 Å². The molecule has 1 aliphatic rings. The summed E-state index contributed by atoms with van der Waals surface area (Å²) in [5.74, 6) is 0.969. The van der Waals surface area contributed by atoms with Gasteiger partial charge in [-0.15, -0.1) is 0 Å². The van der Waals surface area contributed by atoms with Crippen molar-refractivity contribution in [1.82, 2.24) is 10.9 Å². The Morgan fingerprint density at radius 3 is 2.73 bits per heavy atom. The van der Waals surface area contributed by atoms with Crippen molar-refractivity contribution in [1.29, 1.82) is 0 Å². The normalized spacial score (nSPS) is 21.0. The topological polar surface area (TPSA) is 59.3 Å². The molecule has 1 fully saturated rings. The van der Waals surface area contributed by atoms with Gasteiger partial charge < -0.3 is 10.5 Å². The maximum Gasteiger partial charge on any atom is 0.124 e. The fourth-order valence-electron chi connectivity index (χ4n) is 2.87. The van der Waals surface area contributed by atoms with Crippen LogP contribution < -0.4 is 21.3 Å². The summed E-state index contributed by atoms with van der Waals surface area (Å²) >= 11 is 0. The molecule has 4 heteroatoms. The van der Waals surface area contributed by atoms with Gasteiger partial charge in [0.1, 0.15) is 5.75 Å². The predicted octanol–water partition coefficient (Wildman–Crippen LogP) is 3.34. The molecule has 0 radical (unpaired) electrons. The van der Waals surface area contributed by atoms with E-state index in [1.54, 1.807) is 0 Å². The maximum absolute atomic E-state index is 5.88. The molecule has 4 N–H and O–H groups in total. The number of ether oxygens (including phenoxy) is 1. The van der Waals surface area contributed by atoms with Gasteiger partial charge >= 0.3 is 0 Å². The highest BCUT2D eigenvalue weighted by Gasteiger charge is 2.28. The van der Waals surface area contributed by atoms with E-state index in [0.29, 0.717) is 0 Å². The van der Waals surface area contributed by atoms with Gasteiger partial charge in [0.05, 0.1) is 12.6 Å². The lowest BCUT2D eigenvalue weighted by Gasteiger charge is -2.15. The van der Waals surface area contributed by atoms with Gasteiger partial charge in [0.25, 0.3) is 0 Å². The fraction of sp³-hybridized carbons (Fsp3) is 0.333. The molecule has 0 amide bonds. The van der Waals surface area contributed by atoms with Crippen LogP contribution in [0.2, 0.25) is 0 Å². The van der Waals surface area contributed by atoms with E-state index >= 15 is 0 Å². The second-order valence-electron chi connectivity index (χ2n) is 5.69. The van der Waals surface area contributed by atoms with Gasteiger partial charge in [0, 0.05) is 17.3 Å². The van der Waals surface area contributed by atoms with Crippen LogP contribution in [0.3, 0.4) is 0 Å². The van der Waals surface area contributed by atoms with Gasteiger partial charge in [-0.3, -0.25) is 0 Å². The van der Waals surface area contributed by atoms with Crippen molar-refractivity contribution in [3.63, 3.8) is 0 Å². The number of nitrogens with two attached hydrogens (primary N) is 1. The van der Waals surface area contributed by atoms with Crippen LogP contribution >= 0.6 is 0 Å². The summed E-state index contributed by atoms with van der Waals surface area (Å²) in [4.78, 5) is 0. The van der Waals surface area contributed by atoms with Gasteiger partial charge in [-0.1, -0.05) is 37.3 Å². The minimum atomic E-state index is 0.236. The molecule has 0 aromatic heterocycles. The first-order valence-electron chi connectivity index (χ1n) is 7.86. The molecule has 1 aliphatic heterocycles. The van der Waals surface area contributed by atoms with E-state index in [2.05, 4.69) is 36.0 Å². The molecule has 2 unspecified atom stereocenters. The van der Waals surface area contributed by atoms with Crippen molar-refractivity contribution in [2.45, 2.75) is 31.8 Å². The molecule has 0 spiro atoms. The lowest BCUT2D eigenvalue weighted by Crippen LogP contribution is -2.27. The summed E-state index contributed by atoms with van der Waals surface area (Å²) in [7, 11) is 0. The average Bonchev–Trinajstić information content (AvgIpc) is 3.03. The van der Waals surface area contributed by atoms with Crippen molar-refractivity contribution in [3.05, 3.63) is 59.7 Å². The summed E-state index contributed by atoms with van der Waals surface area (Å²) < 4.78 is 5.87. The van der Waals surface area contributed by atoms with Crippen molar-refractivity contribution >= 4 is 5.69 Å². The van der Waals surface area contributed by atoms with Gasteiger partial charge in [0.15, 0.2) is 0 Å². The Morgan fingerprint density at radius 2 is 1.91 bits per heavy atom. The predicted molar refractivity (Wildman–Crippen MR) is 89.5 cm³/mol. The highest BCUT2D eigenvalue weighted by atomic mass is 16.5. The molecule has 4 nitrogen and oxygen atoms in total. The van der Waals surface area contributed by atoms with Crippen molar-refractivity contribution in [3.8, 4) is 5.75 Å². The summed E-state index contributed by atoms with van der Waals surface area (Å²) in [6.45, 7) is 2.86. The van der Waals surface area contributed by atoms with Crippen LogP contribution in [0.5, 0.6) is 5.75 Å². The third kappa shape index (κ3) is 3.24. The van der Waals surface area contributed by atoms with E-state index in [4.69, 9.17) is 10.5 Å². The van der Waals surface area contributed by atoms with E-state index in [1.165, 1.54) is 11.1 Å². The Morgan fingerprint density at radius 1 is 1.09 bits per heavy atom. The number of nitrogen functional groups attached to an aromatic ring is 1. The molecule has 0 bridgehead atoms. The van der Waals surface area contributed by atoms with Crippen LogP contribution in [0.15, 0.2) is 48.5 Å². The largest absolute Gasteiger partial charge is 0.493 e. The van der Waals surface area contributed by atoms with Crippen molar-refractivity contribution in [2.75, 3.05) is 12.3 Å². The molecule has 116 valence electrons. The first-order valence-corrected chi connectivity index (χ1v) is 7.86. The molecule has 2 aromatic carbocycles. The average molecular weight is 297 g/mol. The SMILES string of the molecule is CCCOc1ccccc1C1CC(c2cccc(N)c2)NN1. The van der Waals surface area contributed by atoms with Crippen LogP contribution in [0.25, 0.3) is 0 Å². The minimum Gasteiger partial charge on any atom is -0.493 e. The third-order valence-corrected chi connectivity index (χ3v) is 3.97. The van der Waals surface area contributed by atoms with Gasteiger partial charge in [-0.25, -0.2) is 10.9 Å². The molecule has 0 aliphatic carbocycles. The van der Waals surface area contributed by atoms with E-state index in [9.17, 15) is 0 Å². The number of hydrazine groups is 1. The summed E-state index contributed by atoms with van der Waals surface area (Å²) in [5, 5.41) is 0. The Kier molecular flexibility index (Phi) is 4.61. The van der Waals surface area contributed by atoms with Crippen LogP contribution in [0, 0.1) is 0 Å². The number of hydrogen-bond donors (Lipinski definition) is 3. The number of rotatable bonds is 5. The Balaban J connectivity index is 1.75. The van der Waals surface area contributed by atoms with Gasteiger partial charge in [-0.05, 0) is 36.6 Å². The van der Waals surface area contributed by atoms with Crippen molar-refractivity contribution in [2.24, 2.45) is 0 Å². The zero-order valence-corrected chi connectivity index (χ0v) is 12.9. The van der Waals surface area contributed by atoms with Crippen molar-refractivity contribution < 1.29 is 4.74 Å². The highest BCUT2D eigenvalue weighted by molar-refractivity contribution is 5.42. The Bertz CT molecular complexity index is 629. The van der Waals surface area contributed by atoms with Gasteiger partial charge in [-0.2, -0.15) is 0 Å². The molecular formula is C18H23N3O. The van der Waals surface area contributed by atoms with Crippen LogP contribution in [-0.2, 0) is 0 Å². The molecule has 2 aromatic rings. The second kappa shape index (κ2) is 6.81. The number of benzene rings is 2. The molecule has 2 atom stereocenters. The maximum atomic E-state index is 5.88. The number of hydrogen-bond acceptors (Lipinski definition) is 4. The number of nitrogens with one attached hydrogen (secondary N) is 2. The van der Waals surface area contributed by atoms with Crippen LogP contribution in [0.4, 0.5) is 5.69 Å². The summed E-state index contributed by atoms with van der Waals surface area (Å²) in [5.41, 5.74) is 15.9. The van der Waals surface area contributed by atoms with E-state index in [1.807, 2.05) is 30.3 Å². The highest BCUT2D eigenvalue weighted by Crippen LogP contribution is 2.35. The standard InChI is InChI=1S/C18H23N3O/c1-2-10-22-18-9-4-3-8-15(18)17-12-16(20-21-17)13-6-5-7-14(19)11-13/h3-9,11,16-17,20-21H,2,10,12,19H2,1H3. The third-order valence-electron chi connectivity index (χ3n) is 3.97. The smallest absolute Gasteiger partial charge is 0.124 e. The van der Waals surface area contributed by atoms with Crippen LogP contribution in [-0.4, -0.2) is 6.61 Å². The van der Waals surface area contributed by atoms with E-state index in [-0.39, 0.29) is 12.1 Å². The zero-order valence-electron chi connectivity index (χ0n) is 12.9. The molecule has 0 saturated carbocycles. The molecule has 3 rings (SSSR count). The lowest BCUT2D eigenvalue weighted by molar-refractivity contribution is 0.311. The number of para-hydroxylation sites is 1. The zero-order chi connectivity index (χ0) is 15.4. The van der Waals surface area contributed by atoms with Crippen LogP contribution in [0.1, 0.15) is 43.0 Å². The summed E-state index contributed by atoms with van der Waals surface area (Å²) in [6.07, 6.45) is 1.98. The number of anilines is 1. The Labute approximate surface area is 131 Å².